The van der Waals surface area contributed by atoms with Gasteiger partial charge in [-0.1, -0.05) is 6.07 Å². The number of aromatic nitrogens is 5. The van der Waals surface area contributed by atoms with E-state index in [1.165, 1.54) is 33.9 Å². The van der Waals surface area contributed by atoms with Crippen LogP contribution in [0.3, 0.4) is 0 Å². The third kappa shape index (κ3) is 5.62. The molecule has 0 aliphatic rings. The molecule has 5 heterocycles. The van der Waals surface area contributed by atoms with Gasteiger partial charge in [-0.15, -0.1) is 0 Å². The Balaban J connectivity index is 1.27. The van der Waals surface area contributed by atoms with E-state index in [4.69, 9.17) is 15.0 Å². The zero-order valence-electron chi connectivity index (χ0n) is 23.4. The van der Waals surface area contributed by atoms with Crippen LogP contribution >= 0.6 is 0 Å². The van der Waals surface area contributed by atoms with Crippen molar-refractivity contribution in [2.24, 2.45) is 0 Å². The standard InChI is InChI=1S/C33H37N5/c1-22-18-31(36-32(19-22)37-24(3)10-11-25(37)4)17-16-30-9-7-8-29(35-30)15-14-28-20-23(2)34-33(21-28)38-26(5)12-13-27(38)6/h7-13,18-21H,14-17H2,1-6H3. The summed E-state index contributed by atoms with van der Waals surface area (Å²) in [7, 11) is 0. The highest BCUT2D eigenvalue weighted by molar-refractivity contribution is 5.37. The fraction of sp³-hybridized carbons (Fsp3) is 0.303. The minimum Gasteiger partial charge on any atom is -0.303 e. The van der Waals surface area contributed by atoms with Crippen LogP contribution in [0.4, 0.5) is 0 Å². The summed E-state index contributed by atoms with van der Waals surface area (Å²) in [6.45, 7) is 12.7. The number of hydrogen-bond acceptors (Lipinski definition) is 3. The lowest BCUT2D eigenvalue weighted by Crippen LogP contribution is -2.06. The maximum absolute atomic E-state index is 5.00. The molecule has 194 valence electrons. The normalized spacial score (nSPS) is 11.3. The van der Waals surface area contributed by atoms with Crippen molar-refractivity contribution in [1.82, 2.24) is 24.1 Å². The fourth-order valence-corrected chi connectivity index (χ4v) is 5.34. The van der Waals surface area contributed by atoms with Crippen molar-refractivity contribution < 1.29 is 0 Å². The molecule has 5 rings (SSSR count). The van der Waals surface area contributed by atoms with Gasteiger partial charge in [0.05, 0.1) is 0 Å². The Bertz CT molecular complexity index is 1430. The van der Waals surface area contributed by atoms with Crippen molar-refractivity contribution in [3.05, 3.63) is 123 Å². The SMILES string of the molecule is Cc1cc(CCc2cccc(CCc3cc(C)nc(-n4c(C)ccc4C)c3)n2)nc(-n2c(C)ccc2C)c1. The fourth-order valence-electron chi connectivity index (χ4n) is 5.34. The summed E-state index contributed by atoms with van der Waals surface area (Å²) in [6.07, 6.45) is 3.58. The lowest BCUT2D eigenvalue weighted by Gasteiger charge is -2.12. The lowest BCUT2D eigenvalue weighted by atomic mass is 10.1. The molecule has 0 aromatic carbocycles. The molecule has 0 fully saturated rings. The molecule has 0 saturated carbocycles. The van der Waals surface area contributed by atoms with E-state index in [1.807, 2.05) is 0 Å². The molecule has 0 amide bonds. The third-order valence-corrected chi connectivity index (χ3v) is 7.18. The summed E-state index contributed by atoms with van der Waals surface area (Å²) in [5.74, 6) is 2.00. The quantitative estimate of drug-likeness (QED) is 0.232. The second-order valence-electron chi connectivity index (χ2n) is 10.5. The smallest absolute Gasteiger partial charge is 0.137 e. The monoisotopic (exact) mass is 503 g/mol. The molecule has 0 spiro atoms. The average molecular weight is 504 g/mol. The summed E-state index contributed by atoms with van der Waals surface area (Å²) >= 11 is 0. The van der Waals surface area contributed by atoms with Crippen LogP contribution in [0.15, 0.2) is 66.7 Å². The Kier molecular flexibility index (Phi) is 7.28. The van der Waals surface area contributed by atoms with Crippen molar-refractivity contribution >= 4 is 0 Å². The zero-order valence-corrected chi connectivity index (χ0v) is 23.4. The van der Waals surface area contributed by atoms with E-state index >= 15 is 0 Å². The van der Waals surface area contributed by atoms with E-state index < -0.39 is 0 Å². The minimum atomic E-state index is 0.868. The molecule has 5 aromatic rings. The van der Waals surface area contributed by atoms with Gasteiger partial charge >= 0.3 is 0 Å². The van der Waals surface area contributed by atoms with Crippen molar-refractivity contribution in [2.75, 3.05) is 0 Å². The first-order chi connectivity index (χ1) is 18.3. The van der Waals surface area contributed by atoms with Crippen LogP contribution in [0.1, 0.15) is 56.7 Å². The number of nitrogens with zero attached hydrogens (tertiary/aromatic N) is 5. The molecule has 0 bridgehead atoms. The van der Waals surface area contributed by atoms with Crippen molar-refractivity contribution in [2.45, 2.75) is 67.2 Å². The predicted molar refractivity (Wildman–Crippen MR) is 155 cm³/mol. The van der Waals surface area contributed by atoms with Crippen LogP contribution in [-0.2, 0) is 25.7 Å². The third-order valence-electron chi connectivity index (χ3n) is 7.18. The van der Waals surface area contributed by atoms with E-state index in [0.29, 0.717) is 0 Å². The van der Waals surface area contributed by atoms with Gasteiger partial charge in [0.2, 0.25) is 0 Å². The molecule has 0 aliphatic heterocycles. The second-order valence-corrected chi connectivity index (χ2v) is 10.5. The number of rotatable bonds is 8. The highest BCUT2D eigenvalue weighted by atomic mass is 15.1. The molecule has 0 radical (unpaired) electrons. The zero-order chi connectivity index (χ0) is 26.8. The van der Waals surface area contributed by atoms with Crippen LogP contribution in [-0.4, -0.2) is 24.1 Å². The summed E-state index contributed by atoms with van der Waals surface area (Å²) in [5.41, 5.74) is 11.7. The van der Waals surface area contributed by atoms with E-state index in [9.17, 15) is 0 Å². The summed E-state index contributed by atoms with van der Waals surface area (Å²) in [4.78, 5) is 14.8. The highest BCUT2D eigenvalue weighted by Crippen LogP contribution is 2.19. The van der Waals surface area contributed by atoms with Crippen molar-refractivity contribution in [1.29, 1.82) is 0 Å². The molecule has 0 unspecified atom stereocenters. The molecule has 5 heteroatoms. The first-order valence-corrected chi connectivity index (χ1v) is 13.5. The Morgan fingerprint density at radius 1 is 0.500 bits per heavy atom. The van der Waals surface area contributed by atoms with Gasteiger partial charge in [0.1, 0.15) is 11.6 Å². The van der Waals surface area contributed by atoms with Gasteiger partial charge in [-0.25, -0.2) is 9.97 Å². The minimum absolute atomic E-state index is 0.868. The van der Waals surface area contributed by atoms with E-state index in [2.05, 4.69) is 117 Å². The molecule has 0 aliphatic carbocycles. The van der Waals surface area contributed by atoms with E-state index in [0.717, 1.165) is 60.1 Å². The maximum Gasteiger partial charge on any atom is 0.137 e. The van der Waals surface area contributed by atoms with Crippen molar-refractivity contribution in [3.8, 4) is 11.6 Å². The van der Waals surface area contributed by atoms with Gasteiger partial charge in [0, 0.05) is 45.6 Å². The molecule has 38 heavy (non-hydrogen) atoms. The first-order valence-electron chi connectivity index (χ1n) is 13.5. The molecule has 5 aromatic heterocycles. The molecule has 5 nitrogen and oxygen atoms in total. The van der Waals surface area contributed by atoms with Crippen LogP contribution in [0.2, 0.25) is 0 Å². The van der Waals surface area contributed by atoms with Gasteiger partial charge in [0.15, 0.2) is 0 Å². The largest absolute Gasteiger partial charge is 0.303 e. The van der Waals surface area contributed by atoms with E-state index in [-0.39, 0.29) is 0 Å². The molecule has 0 N–H and O–H groups in total. The predicted octanol–water partition coefficient (Wildman–Crippen LogP) is 6.87. The summed E-state index contributed by atoms with van der Waals surface area (Å²) in [6, 6.07) is 23.7. The van der Waals surface area contributed by atoms with E-state index in [1.54, 1.807) is 0 Å². The number of hydrogen-bond donors (Lipinski definition) is 0. The number of aryl methyl sites for hydroxylation is 10. The van der Waals surface area contributed by atoms with Gasteiger partial charge in [-0.05, 0) is 139 Å². The highest BCUT2D eigenvalue weighted by Gasteiger charge is 2.10. The topological polar surface area (TPSA) is 48.5 Å². The summed E-state index contributed by atoms with van der Waals surface area (Å²) < 4.78 is 4.44. The molecule has 0 atom stereocenters. The van der Waals surface area contributed by atoms with Gasteiger partial charge < -0.3 is 9.13 Å². The molecular formula is C33H37N5. The number of pyridine rings is 3. The van der Waals surface area contributed by atoms with Gasteiger partial charge in [-0.3, -0.25) is 4.98 Å². The second kappa shape index (κ2) is 10.8. The average Bonchev–Trinajstić information content (AvgIpc) is 3.40. The lowest BCUT2D eigenvalue weighted by molar-refractivity contribution is 0.825. The molecule has 0 saturated heterocycles. The Morgan fingerprint density at radius 3 is 1.63 bits per heavy atom. The Morgan fingerprint density at radius 2 is 1.03 bits per heavy atom. The van der Waals surface area contributed by atoms with Gasteiger partial charge in [0.25, 0.3) is 0 Å². The van der Waals surface area contributed by atoms with Crippen LogP contribution < -0.4 is 0 Å². The maximum atomic E-state index is 5.00. The van der Waals surface area contributed by atoms with Crippen LogP contribution in [0.25, 0.3) is 11.6 Å². The Labute approximate surface area is 226 Å². The van der Waals surface area contributed by atoms with Crippen molar-refractivity contribution in [3.63, 3.8) is 0 Å². The van der Waals surface area contributed by atoms with Crippen LogP contribution in [0, 0.1) is 41.5 Å². The summed E-state index contributed by atoms with van der Waals surface area (Å²) in [5, 5.41) is 0. The van der Waals surface area contributed by atoms with Gasteiger partial charge in [-0.2, -0.15) is 0 Å². The van der Waals surface area contributed by atoms with Crippen LogP contribution in [0.5, 0.6) is 0 Å². The molecular weight excluding hydrogens is 466 g/mol. The Hall–Kier alpha value is -3.99. The first kappa shape index (κ1) is 25.7.